The van der Waals surface area contributed by atoms with E-state index in [1.54, 1.807) is 6.33 Å². The van der Waals surface area contributed by atoms with Crippen molar-refractivity contribution in [1.29, 1.82) is 0 Å². The van der Waals surface area contributed by atoms with Crippen LogP contribution in [0.4, 0.5) is 0 Å². The normalized spacial score (nSPS) is 12.8. The number of imidazole rings is 1. The lowest BCUT2D eigenvalue weighted by Gasteiger charge is -1.97. The van der Waals surface area contributed by atoms with Crippen molar-refractivity contribution in [2.45, 2.75) is 25.9 Å². The molecule has 0 spiro atoms. The van der Waals surface area contributed by atoms with Gasteiger partial charge in [0, 0.05) is 12.8 Å². The molecule has 23 heavy (non-hydrogen) atoms. The molecule has 8 nitrogen and oxygen atoms in total. The van der Waals surface area contributed by atoms with Crippen molar-refractivity contribution in [3.05, 3.63) is 30.6 Å². The Balaban J connectivity index is 2.15. The first-order chi connectivity index (χ1) is 10.7. The maximum absolute atomic E-state index is 10.8. The van der Waals surface area contributed by atoms with Crippen LogP contribution in [0.5, 0.6) is 0 Å². The van der Waals surface area contributed by atoms with Crippen LogP contribution in [0.3, 0.4) is 0 Å². The predicted molar refractivity (Wildman–Crippen MR) is 84.2 cm³/mol. The van der Waals surface area contributed by atoms with E-state index in [9.17, 15) is 16.8 Å². The fourth-order valence-corrected chi connectivity index (χ4v) is 3.42. The highest BCUT2D eigenvalue weighted by Crippen LogP contribution is 2.12. The molecule has 1 aromatic heterocycles. The van der Waals surface area contributed by atoms with E-state index in [-0.39, 0.29) is 24.3 Å². The van der Waals surface area contributed by atoms with Gasteiger partial charge in [0.15, 0.2) is 11.0 Å². The van der Waals surface area contributed by atoms with E-state index < -0.39 is 20.2 Å². The maximum atomic E-state index is 10.8. The molecule has 0 unspecified atom stereocenters. The Hall–Kier alpha value is -1.49. The van der Waals surface area contributed by atoms with Gasteiger partial charge >= 0.3 is 0 Å². The highest BCUT2D eigenvalue weighted by molar-refractivity contribution is 7.86. The molecule has 1 heterocycles. The van der Waals surface area contributed by atoms with Crippen LogP contribution in [0.1, 0.15) is 12.8 Å². The van der Waals surface area contributed by atoms with Crippen LogP contribution in [0.25, 0.3) is 11.0 Å². The number of fused-ring (bicyclic) bond motifs is 1. The fourth-order valence-electron chi connectivity index (χ4n) is 2.43. The van der Waals surface area contributed by atoms with Gasteiger partial charge < -0.3 is 0 Å². The van der Waals surface area contributed by atoms with Crippen molar-refractivity contribution in [3.63, 3.8) is 0 Å². The SMILES string of the molecule is O=S(=O)(O)CCCn1c[n+](CCCS(=O)(=O)O)c2ccccc21. The van der Waals surface area contributed by atoms with E-state index >= 15 is 0 Å². The standard InChI is InChI=1S/C13H18N2O6S2/c16-22(17,18)9-3-7-14-11-15(8-4-10-23(19,20)21)13-6-2-1-5-12(13)14/h1-2,5-6,11H,3-4,7-10H2,(H-,16,17,18,19,20,21)/p+1. The predicted octanol–water partition coefficient (Wildman–Crippen LogP) is 0.485. The number of aromatic nitrogens is 2. The molecule has 0 amide bonds. The molecule has 0 aliphatic heterocycles. The summed E-state index contributed by atoms with van der Waals surface area (Å²) in [6.45, 7) is 0.817. The van der Waals surface area contributed by atoms with Crippen molar-refractivity contribution in [1.82, 2.24) is 4.57 Å². The third kappa shape index (κ3) is 5.57. The summed E-state index contributed by atoms with van der Waals surface area (Å²) in [6, 6.07) is 7.46. The molecule has 0 fully saturated rings. The lowest BCUT2D eigenvalue weighted by atomic mass is 10.3. The molecule has 0 saturated heterocycles. The third-order valence-corrected chi connectivity index (χ3v) is 4.99. The van der Waals surface area contributed by atoms with Crippen LogP contribution in [0.2, 0.25) is 0 Å². The number of aryl methyl sites for hydroxylation is 2. The van der Waals surface area contributed by atoms with Gasteiger partial charge in [-0.15, -0.1) is 0 Å². The summed E-state index contributed by atoms with van der Waals surface area (Å²) in [6.07, 6.45) is 2.31. The first-order valence-electron chi connectivity index (χ1n) is 7.03. The van der Waals surface area contributed by atoms with Crippen LogP contribution in [0, 0.1) is 0 Å². The van der Waals surface area contributed by atoms with Gasteiger partial charge in [0.2, 0.25) is 6.33 Å². The van der Waals surface area contributed by atoms with Crippen molar-refractivity contribution >= 4 is 31.3 Å². The van der Waals surface area contributed by atoms with Gasteiger partial charge in [-0.25, -0.2) is 9.13 Å². The van der Waals surface area contributed by atoms with E-state index in [1.807, 2.05) is 33.4 Å². The Labute approximate surface area is 134 Å². The van der Waals surface area contributed by atoms with Gasteiger partial charge in [0.25, 0.3) is 20.2 Å². The third-order valence-electron chi connectivity index (χ3n) is 3.38. The van der Waals surface area contributed by atoms with Gasteiger partial charge in [0.05, 0.1) is 24.6 Å². The number of para-hydroxylation sites is 2. The maximum Gasteiger partial charge on any atom is 0.265 e. The first kappa shape index (κ1) is 17.9. The summed E-state index contributed by atoms with van der Waals surface area (Å²) in [5, 5.41) is 0. The van der Waals surface area contributed by atoms with Gasteiger partial charge in [-0.2, -0.15) is 16.8 Å². The minimum Gasteiger partial charge on any atom is -0.286 e. The van der Waals surface area contributed by atoms with Gasteiger partial charge in [0.1, 0.15) is 0 Å². The van der Waals surface area contributed by atoms with Crippen molar-refractivity contribution in [2.24, 2.45) is 0 Å². The Kier molecular flexibility index (Phi) is 5.40. The lowest BCUT2D eigenvalue weighted by molar-refractivity contribution is -0.672. The highest BCUT2D eigenvalue weighted by atomic mass is 32.2. The minimum absolute atomic E-state index is 0.266. The summed E-state index contributed by atoms with van der Waals surface area (Å²) < 4.78 is 64.4. The summed E-state index contributed by atoms with van der Waals surface area (Å²) in [4.78, 5) is 0. The average molecular weight is 363 g/mol. The molecular formula is C13H19N2O6S2+. The molecule has 128 valence electrons. The number of nitrogens with zero attached hydrogens (tertiary/aromatic N) is 2. The summed E-state index contributed by atoms with van der Waals surface area (Å²) in [7, 11) is -7.97. The smallest absolute Gasteiger partial charge is 0.265 e. The number of hydrogen-bond donors (Lipinski definition) is 2. The number of rotatable bonds is 8. The molecule has 0 aliphatic rings. The highest BCUT2D eigenvalue weighted by Gasteiger charge is 2.16. The van der Waals surface area contributed by atoms with Crippen molar-refractivity contribution < 1.29 is 30.5 Å². The van der Waals surface area contributed by atoms with Crippen LogP contribution in [-0.2, 0) is 33.3 Å². The van der Waals surface area contributed by atoms with Gasteiger partial charge in [-0.3, -0.25) is 9.11 Å². The molecule has 0 radical (unpaired) electrons. The first-order valence-corrected chi connectivity index (χ1v) is 10.3. The molecular weight excluding hydrogens is 344 g/mol. The molecule has 2 aromatic rings. The fraction of sp³-hybridized carbons (Fsp3) is 0.462. The topological polar surface area (TPSA) is 118 Å². The van der Waals surface area contributed by atoms with Gasteiger partial charge in [-0.05, 0) is 12.1 Å². The number of hydrogen-bond acceptors (Lipinski definition) is 4. The van der Waals surface area contributed by atoms with Gasteiger partial charge in [-0.1, -0.05) is 12.1 Å². The van der Waals surface area contributed by atoms with E-state index in [1.165, 1.54) is 0 Å². The molecule has 0 saturated carbocycles. The second-order valence-corrected chi connectivity index (χ2v) is 8.41. The molecule has 1 aromatic carbocycles. The van der Waals surface area contributed by atoms with E-state index in [0.717, 1.165) is 11.0 Å². The van der Waals surface area contributed by atoms with Crippen molar-refractivity contribution in [2.75, 3.05) is 11.5 Å². The zero-order valence-electron chi connectivity index (χ0n) is 12.4. The van der Waals surface area contributed by atoms with Crippen LogP contribution >= 0.6 is 0 Å². The largest absolute Gasteiger partial charge is 0.286 e. The zero-order valence-corrected chi connectivity index (χ0v) is 14.0. The van der Waals surface area contributed by atoms with Crippen LogP contribution < -0.4 is 4.57 Å². The number of benzene rings is 1. The Morgan fingerprint density at radius 1 is 0.957 bits per heavy atom. The van der Waals surface area contributed by atoms with E-state index in [0.29, 0.717) is 13.1 Å². The second-order valence-electron chi connectivity index (χ2n) is 5.27. The molecule has 2 N–H and O–H groups in total. The Morgan fingerprint density at radius 2 is 1.57 bits per heavy atom. The summed E-state index contributed by atoms with van der Waals surface area (Å²) in [5.41, 5.74) is 1.77. The second kappa shape index (κ2) is 6.95. The quantitative estimate of drug-likeness (QED) is 0.520. The Bertz CT molecular complexity index is 814. The lowest BCUT2D eigenvalue weighted by Crippen LogP contribution is -2.33. The Morgan fingerprint density at radius 3 is 2.22 bits per heavy atom. The van der Waals surface area contributed by atoms with Crippen LogP contribution in [-0.4, -0.2) is 42.0 Å². The molecule has 0 atom stereocenters. The van der Waals surface area contributed by atoms with E-state index in [2.05, 4.69) is 0 Å². The minimum atomic E-state index is -3.99. The average Bonchev–Trinajstić information content (AvgIpc) is 2.75. The molecule has 2 rings (SSSR count). The van der Waals surface area contributed by atoms with Crippen LogP contribution in [0.15, 0.2) is 30.6 Å². The molecule has 0 bridgehead atoms. The molecule has 10 heteroatoms. The van der Waals surface area contributed by atoms with Crippen molar-refractivity contribution in [3.8, 4) is 0 Å². The summed E-state index contributed by atoms with van der Waals surface area (Å²) in [5.74, 6) is -0.634. The summed E-state index contributed by atoms with van der Waals surface area (Å²) >= 11 is 0. The molecule has 0 aliphatic carbocycles. The zero-order chi connectivity index (χ0) is 17.1. The van der Waals surface area contributed by atoms with E-state index in [4.69, 9.17) is 9.11 Å². The monoisotopic (exact) mass is 363 g/mol.